The van der Waals surface area contributed by atoms with E-state index in [1.54, 1.807) is 0 Å². The highest BCUT2D eigenvalue weighted by molar-refractivity contribution is 6.33. The zero-order valence-electron chi connectivity index (χ0n) is 15.3. The van der Waals surface area contributed by atoms with Crippen molar-refractivity contribution in [2.45, 2.75) is 31.3 Å². The minimum absolute atomic E-state index is 0.0404. The first-order valence-electron chi connectivity index (χ1n) is 9.28. The van der Waals surface area contributed by atoms with Crippen LogP contribution in [0.3, 0.4) is 0 Å². The third-order valence-electron chi connectivity index (χ3n) is 5.27. The summed E-state index contributed by atoms with van der Waals surface area (Å²) in [6.45, 7) is 1.24. The SMILES string of the molecule is Fc1ccc(-c2cc(Cl)c(OC(F)(F)F)c3nc(N4CC5CCC(C4)N5)oc23)nc1. The quantitative estimate of drug-likeness (QED) is 0.602. The van der Waals surface area contributed by atoms with Crippen molar-refractivity contribution in [2.75, 3.05) is 18.0 Å². The van der Waals surface area contributed by atoms with Gasteiger partial charge in [0.1, 0.15) is 5.82 Å². The molecular formula is C19H15ClF4N4O2. The van der Waals surface area contributed by atoms with Gasteiger partial charge >= 0.3 is 6.36 Å². The van der Waals surface area contributed by atoms with Crippen LogP contribution in [0.1, 0.15) is 12.8 Å². The molecule has 2 atom stereocenters. The Morgan fingerprint density at radius 3 is 2.57 bits per heavy atom. The predicted molar refractivity (Wildman–Crippen MR) is 101 cm³/mol. The molecule has 2 bridgehead atoms. The van der Waals surface area contributed by atoms with Crippen molar-refractivity contribution in [2.24, 2.45) is 0 Å². The van der Waals surface area contributed by atoms with Gasteiger partial charge in [0.25, 0.3) is 6.01 Å². The molecule has 4 heterocycles. The summed E-state index contributed by atoms with van der Waals surface area (Å²) in [5.41, 5.74) is 0.451. The third kappa shape index (κ3) is 3.54. The highest BCUT2D eigenvalue weighted by Crippen LogP contribution is 2.43. The standard InChI is InChI=1S/C19H15ClF4N4O2/c20-13-5-12(14-4-1-9(21)6-25-14)16-15(17(13)30-19(22,23)24)27-18(29-16)28-7-10-2-3-11(8-28)26-10/h1,4-6,10-11,26H,2-3,7-8H2. The van der Waals surface area contributed by atoms with Crippen molar-refractivity contribution < 1.29 is 26.7 Å². The van der Waals surface area contributed by atoms with Crippen molar-refractivity contribution in [1.29, 1.82) is 0 Å². The van der Waals surface area contributed by atoms with Crippen LogP contribution < -0.4 is 15.0 Å². The average Bonchev–Trinajstić information content (AvgIpc) is 3.27. The van der Waals surface area contributed by atoms with Crippen LogP contribution in [0.2, 0.25) is 5.02 Å². The van der Waals surface area contributed by atoms with Crippen molar-refractivity contribution in [1.82, 2.24) is 15.3 Å². The molecule has 11 heteroatoms. The van der Waals surface area contributed by atoms with Crippen molar-refractivity contribution in [3.8, 4) is 17.0 Å². The molecule has 6 nitrogen and oxygen atoms in total. The molecule has 5 rings (SSSR count). The Kier molecular flexibility index (Phi) is 4.51. The molecule has 30 heavy (non-hydrogen) atoms. The van der Waals surface area contributed by atoms with Gasteiger partial charge < -0.3 is 19.4 Å². The van der Waals surface area contributed by atoms with Crippen molar-refractivity contribution in [3.05, 3.63) is 35.2 Å². The number of fused-ring (bicyclic) bond motifs is 3. The fraction of sp³-hybridized carbons (Fsp3) is 0.368. The van der Waals surface area contributed by atoms with E-state index < -0.39 is 17.9 Å². The van der Waals surface area contributed by atoms with Gasteiger partial charge in [-0.05, 0) is 31.0 Å². The second-order valence-corrected chi connectivity index (χ2v) is 7.77. The molecule has 1 aromatic carbocycles. The fourth-order valence-electron chi connectivity index (χ4n) is 4.04. The number of alkyl halides is 3. The van der Waals surface area contributed by atoms with Crippen LogP contribution in [-0.2, 0) is 0 Å². The number of benzene rings is 1. The van der Waals surface area contributed by atoms with Gasteiger partial charge in [-0.25, -0.2) is 4.39 Å². The highest BCUT2D eigenvalue weighted by atomic mass is 35.5. The number of nitrogens with one attached hydrogen (secondary N) is 1. The minimum Gasteiger partial charge on any atom is -0.423 e. The van der Waals surface area contributed by atoms with E-state index in [1.807, 2.05) is 4.90 Å². The fourth-order valence-corrected chi connectivity index (χ4v) is 4.28. The second kappa shape index (κ2) is 6.98. The molecule has 2 fully saturated rings. The van der Waals surface area contributed by atoms with Gasteiger partial charge in [0.2, 0.25) is 0 Å². The molecule has 158 valence electrons. The van der Waals surface area contributed by atoms with Gasteiger partial charge in [-0.2, -0.15) is 4.98 Å². The number of oxazole rings is 1. The number of hydrogen-bond donors (Lipinski definition) is 1. The summed E-state index contributed by atoms with van der Waals surface area (Å²) in [6.07, 6.45) is -1.93. The van der Waals surface area contributed by atoms with Crippen LogP contribution in [-0.4, -0.2) is 41.5 Å². The minimum atomic E-state index is -4.96. The lowest BCUT2D eigenvalue weighted by Gasteiger charge is -2.31. The van der Waals surface area contributed by atoms with E-state index in [0.29, 0.717) is 18.7 Å². The van der Waals surface area contributed by atoms with E-state index in [4.69, 9.17) is 16.0 Å². The summed E-state index contributed by atoms with van der Waals surface area (Å²) in [7, 11) is 0. The maximum atomic E-state index is 13.3. The maximum absolute atomic E-state index is 13.3. The summed E-state index contributed by atoms with van der Waals surface area (Å²) >= 11 is 6.11. The van der Waals surface area contributed by atoms with Crippen LogP contribution in [0.4, 0.5) is 23.6 Å². The number of aromatic nitrogens is 2. The topological polar surface area (TPSA) is 63.4 Å². The summed E-state index contributed by atoms with van der Waals surface area (Å²) in [4.78, 5) is 10.2. The van der Waals surface area contributed by atoms with E-state index >= 15 is 0 Å². The first kappa shape index (κ1) is 19.4. The molecule has 0 spiro atoms. The molecule has 0 radical (unpaired) electrons. The second-order valence-electron chi connectivity index (χ2n) is 7.36. The Morgan fingerprint density at radius 2 is 1.93 bits per heavy atom. The molecule has 2 unspecified atom stereocenters. The summed E-state index contributed by atoms with van der Waals surface area (Å²) in [5.74, 6) is -1.19. The molecule has 3 aromatic rings. The number of rotatable bonds is 3. The highest BCUT2D eigenvalue weighted by Gasteiger charge is 2.37. The first-order chi connectivity index (χ1) is 14.3. The Balaban J connectivity index is 1.66. The first-order valence-corrected chi connectivity index (χ1v) is 9.66. The van der Waals surface area contributed by atoms with E-state index in [-0.39, 0.29) is 39.9 Å². The van der Waals surface area contributed by atoms with E-state index in [1.165, 1.54) is 18.2 Å². The molecular weight excluding hydrogens is 428 g/mol. The molecule has 2 aliphatic heterocycles. The summed E-state index contributed by atoms with van der Waals surface area (Å²) < 4.78 is 62.3. The van der Waals surface area contributed by atoms with Gasteiger partial charge in [-0.1, -0.05) is 11.6 Å². The van der Waals surface area contributed by atoms with Gasteiger partial charge in [0.15, 0.2) is 16.8 Å². The lowest BCUT2D eigenvalue weighted by atomic mass is 10.1. The Bertz CT molecular complexity index is 1090. The monoisotopic (exact) mass is 442 g/mol. The zero-order valence-corrected chi connectivity index (χ0v) is 16.1. The number of halogens is 5. The van der Waals surface area contributed by atoms with Crippen LogP contribution in [0.5, 0.6) is 5.75 Å². The molecule has 2 aromatic heterocycles. The maximum Gasteiger partial charge on any atom is 0.573 e. The number of piperazine rings is 1. The number of pyridine rings is 1. The number of anilines is 1. The van der Waals surface area contributed by atoms with E-state index in [9.17, 15) is 17.6 Å². The molecule has 0 aliphatic carbocycles. The van der Waals surface area contributed by atoms with Crippen molar-refractivity contribution in [3.63, 3.8) is 0 Å². The molecule has 1 N–H and O–H groups in total. The van der Waals surface area contributed by atoms with Crippen LogP contribution in [0.25, 0.3) is 22.4 Å². The molecule has 2 saturated heterocycles. The van der Waals surface area contributed by atoms with Crippen LogP contribution >= 0.6 is 11.6 Å². The summed E-state index contributed by atoms with van der Waals surface area (Å²) in [5, 5.41) is 3.16. The number of nitrogens with zero attached hydrogens (tertiary/aromatic N) is 3. The van der Waals surface area contributed by atoms with Crippen LogP contribution in [0.15, 0.2) is 28.8 Å². The normalized spacial score (nSPS) is 21.4. The van der Waals surface area contributed by atoms with Gasteiger partial charge in [-0.3, -0.25) is 4.98 Å². The molecule has 0 amide bonds. The largest absolute Gasteiger partial charge is 0.573 e. The third-order valence-corrected chi connectivity index (χ3v) is 5.55. The van der Waals surface area contributed by atoms with Gasteiger partial charge in [-0.15, -0.1) is 13.2 Å². The van der Waals surface area contributed by atoms with Gasteiger partial charge in [0.05, 0.1) is 16.9 Å². The van der Waals surface area contributed by atoms with Crippen molar-refractivity contribution >= 4 is 28.7 Å². The Morgan fingerprint density at radius 1 is 1.20 bits per heavy atom. The number of hydrogen-bond acceptors (Lipinski definition) is 6. The smallest absolute Gasteiger partial charge is 0.423 e. The lowest BCUT2D eigenvalue weighted by molar-refractivity contribution is -0.274. The molecule has 2 aliphatic rings. The molecule has 0 saturated carbocycles. The zero-order chi connectivity index (χ0) is 21.0. The lowest BCUT2D eigenvalue weighted by Crippen LogP contribution is -2.51. The summed E-state index contributed by atoms with van der Waals surface area (Å²) in [6, 6.07) is 4.55. The number of ether oxygens (including phenoxy) is 1. The average molecular weight is 443 g/mol. The predicted octanol–water partition coefficient (Wildman–Crippen LogP) is 4.52. The van der Waals surface area contributed by atoms with Crippen LogP contribution in [0, 0.1) is 5.82 Å². The Labute approximate surface area is 172 Å². The van der Waals surface area contributed by atoms with E-state index in [0.717, 1.165) is 19.0 Å². The van der Waals surface area contributed by atoms with Gasteiger partial charge in [0, 0.05) is 30.7 Å². The van der Waals surface area contributed by atoms with E-state index in [2.05, 4.69) is 20.0 Å². The Hall–Kier alpha value is -2.59.